The summed E-state index contributed by atoms with van der Waals surface area (Å²) in [5.41, 5.74) is 6.03. The number of carbonyl (C=O) groups is 6. The molecule has 21 nitrogen and oxygen atoms in total. The van der Waals surface area contributed by atoms with E-state index >= 15 is 0 Å². The van der Waals surface area contributed by atoms with Gasteiger partial charge < -0.3 is 49.4 Å². The van der Waals surface area contributed by atoms with E-state index < -0.39 is 54.2 Å². The average Bonchev–Trinajstić information content (AvgIpc) is 4.22. The Morgan fingerprint density at radius 2 is 1.45 bits per heavy atom. The van der Waals surface area contributed by atoms with E-state index in [0.29, 0.717) is 107 Å². The van der Waals surface area contributed by atoms with Gasteiger partial charge in [0.25, 0.3) is 11.8 Å². The fraction of sp³-hybridized carbons (Fsp3) is 0.633. The highest BCUT2D eigenvalue weighted by atomic mass is 79.9. The number of hydrogen-bond acceptors (Lipinski definition) is 15. The SMILES string of the molecule is CC[C@H](C)[C@@H]([C@@H](CC(=O)N1CCC[C@H]1[C@H](OC)[C@@H](C)C(=O)N[C@H](/C=C/C(=O)NO)Cc1ccccc1)OC)N(C)C(=O)[C@@H](NC(=O)[C@H](C(C)C)N(C)CCOCCOCCOCCNC(=O)c1ccc2nc(CBr)c(CBr)nc2c1)C(C)C. The zero-order valence-corrected chi connectivity index (χ0v) is 53.5. The first-order chi connectivity index (χ1) is 39.7. The summed E-state index contributed by atoms with van der Waals surface area (Å²) in [6, 6.07) is 11.7. The van der Waals surface area contributed by atoms with Crippen molar-refractivity contribution in [3.05, 3.63) is 83.2 Å². The summed E-state index contributed by atoms with van der Waals surface area (Å²) in [6.45, 7) is 16.8. The number of likely N-dealkylation sites (N-methyl/N-ethyl adjacent to an activating group) is 2. The molecule has 2 aromatic carbocycles. The smallest absolute Gasteiger partial charge is 0.267 e. The van der Waals surface area contributed by atoms with Crippen LogP contribution in [0, 0.1) is 23.7 Å². The number of fused-ring (bicyclic) bond motifs is 1. The predicted octanol–water partition coefficient (Wildman–Crippen LogP) is 6.01. The number of hydroxylamine groups is 1. The molecule has 6 amide bonds. The number of nitrogens with one attached hydrogen (secondary N) is 4. The molecular formula is C60H91Br2N9O12. The Morgan fingerprint density at radius 1 is 0.807 bits per heavy atom. The van der Waals surface area contributed by atoms with E-state index in [0.717, 1.165) is 28.5 Å². The Bertz CT molecular complexity index is 2550. The van der Waals surface area contributed by atoms with Gasteiger partial charge in [-0.2, -0.15) is 0 Å². The van der Waals surface area contributed by atoms with E-state index in [2.05, 4.69) is 57.8 Å². The molecule has 0 radical (unpaired) electrons. The lowest BCUT2D eigenvalue weighted by Gasteiger charge is -2.41. The molecule has 9 atom stereocenters. The van der Waals surface area contributed by atoms with Crippen LogP contribution in [0.4, 0.5) is 0 Å². The summed E-state index contributed by atoms with van der Waals surface area (Å²) < 4.78 is 29.3. The number of benzene rings is 2. The first kappa shape index (κ1) is 70.5. The molecule has 1 aromatic heterocycles. The van der Waals surface area contributed by atoms with E-state index in [1.165, 1.54) is 20.3 Å². The summed E-state index contributed by atoms with van der Waals surface area (Å²) in [4.78, 5) is 96.7. The Hall–Kier alpha value is -4.98. The standard InChI is InChI=1S/C60H91Br2N9O12/c1-12-40(6)55(50(79-10)35-52(73)71-25-16-19-49(71)56(80-11)41(7)57(74)64-44(21-23-51(72)68-78)33-42-17-14-13-15-18-42)70(9)60(77)53(38(2)3)67-59(76)54(39(4)5)69(8)26-28-82-30-32-83-31-29-81-27-24-63-58(75)43-20-22-45-46(34-43)66-48(37-62)47(36-61)65-45/h13-15,17-18,20-23,34,38-41,44,49-50,53-56,78H,12,16,19,24-33,35-37H2,1-11H3,(H,63,75)(H,64,74)(H,67,76)(H,68,72)/b23-21+/t40-,41+,44+,49-,50+,53-,54-,55-,56+/m0/s1. The molecule has 1 aliphatic heterocycles. The van der Waals surface area contributed by atoms with Gasteiger partial charge in [-0.3, -0.25) is 38.9 Å². The number of methoxy groups -OCH3 is 2. The molecule has 0 bridgehead atoms. The fourth-order valence-electron chi connectivity index (χ4n) is 10.6. The molecule has 462 valence electrons. The largest absolute Gasteiger partial charge is 0.379 e. The van der Waals surface area contributed by atoms with Gasteiger partial charge in [-0.05, 0) is 67.8 Å². The highest BCUT2D eigenvalue weighted by Gasteiger charge is 2.43. The first-order valence-electron chi connectivity index (χ1n) is 28.8. The van der Waals surface area contributed by atoms with Crippen molar-refractivity contribution in [2.45, 2.75) is 134 Å². The highest BCUT2D eigenvalue weighted by molar-refractivity contribution is 9.09. The quantitative estimate of drug-likeness (QED) is 0.0146. The molecule has 0 unspecified atom stereocenters. The minimum absolute atomic E-state index is 0.0409. The van der Waals surface area contributed by atoms with Crippen molar-refractivity contribution in [1.82, 2.24) is 46.1 Å². The van der Waals surface area contributed by atoms with Crippen LogP contribution in [0.25, 0.3) is 11.0 Å². The van der Waals surface area contributed by atoms with Crippen molar-refractivity contribution in [2.75, 3.05) is 87.6 Å². The number of halogens is 2. The second-order valence-electron chi connectivity index (χ2n) is 21.8. The number of hydrogen-bond donors (Lipinski definition) is 5. The number of amides is 6. The van der Waals surface area contributed by atoms with Crippen LogP contribution in [0.15, 0.2) is 60.7 Å². The summed E-state index contributed by atoms with van der Waals surface area (Å²) in [5, 5.41) is 19.2. The molecule has 4 rings (SSSR count). The zero-order chi connectivity index (χ0) is 61.2. The summed E-state index contributed by atoms with van der Waals surface area (Å²) in [7, 11) is 6.64. The van der Waals surface area contributed by atoms with Crippen LogP contribution in [-0.4, -0.2) is 195 Å². The van der Waals surface area contributed by atoms with Crippen molar-refractivity contribution in [2.24, 2.45) is 23.7 Å². The lowest BCUT2D eigenvalue weighted by atomic mass is 9.89. The van der Waals surface area contributed by atoms with Crippen molar-refractivity contribution in [3.63, 3.8) is 0 Å². The topological polar surface area (TPSA) is 252 Å². The highest BCUT2D eigenvalue weighted by Crippen LogP contribution is 2.30. The van der Waals surface area contributed by atoms with E-state index in [4.69, 9.17) is 28.9 Å². The minimum atomic E-state index is -0.877. The molecule has 1 aliphatic rings. The molecule has 1 fully saturated rings. The molecule has 23 heteroatoms. The van der Waals surface area contributed by atoms with Gasteiger partial charge in [0, 0.05) is 63.2 Å². The van der Waals surface area contributed by atoms with Crippen LogP contribution >= 0.6 is 31.9 Å². The molecule has 2 heterocycles. The maximum atomic E-state index is 14.7. The number of likely N-dealkylation sites (tertiary alicyclic amines) is 1. The maximum Gasteiger partial charge on any atom is 0.267 e. The Morgan fingerprint density at radius 3 is 2.04 bits per heavy atom. The van der Waals surface area contributed by atoms with Crippen LogP contribution in [0.5, 0.6) is 0 Å². The molecule has 1 saturated heterocycles. The second-order valence-corrected chi connectivity index (χ2v) is 22.9. The number of aromatic nitrogens is 2. The number of rotatable bonds is 37. The minimum Gasteiger partial charge on any atom is -0.379 e. The molecule has 83 heavy (non-hydrogen) atoms. The number of ether oxygens (including phenoxy) is 5. The molecule has 0 spiro atoms. The van der Waals surface area contributed by atoms with Gasteiger partial charge in [0.05, 0.1) is 111 Å². The van der Waals surface area contributed by atoms with Crippen molar-refractivity contribution in [3.8, 4) is 0 Å². The van der Waals surface area contributed by atoms with Gasteiger partial charge in [0.1, 0.15) is 6.04 Å². The number of alkyl halides is 2. The predicted molar refractivity (Wildman–Crippen MR) is 325 cm³/mol. The Balaban J connectivity index is 1.26. The van der Waals surface area contributed by atoms with Crippen molar-refractivity contribution >= 4 is 78.3 Å². The lowest BCUT2D eigenvalue weighted by Crippen LogP contribution is -2.60. The van der Waals surface area contributed by atoms with Gasteiger partial charge in [-0.25, -0.2) is 15.4 Å². The van der Waals surface area contributed by atoms with Crippen LogP contribution in [-0.2, 0) is 64.7 Å². The van der Waals surface area contributed by atoms with Crippen LogP contribution in [0.1, 0.15) is 101 Å². The van der Waals surface area contributed by atoms with Crippen LogP contribution in [0.2, 0.25) is 0 Å². The molecule has 5 N–H and O–H groups in total. The summed E-state index contributed by atoms with van der Waals surface area (Å²) in [5.74, 6) is -3.24. The first-order valence-corrected chi connectivity index (χ1v) is 31.0. The van der Waals surface area contributed by atoms with E-state index in [-0.39, 0.29) is 53.7 Å². The van der Waals surface area contributed by atoms with Gasteiger partial charge in [-0.1, -0.05) is 123 Å². The monoisotopic (exact) mass is 1290 g/mol. The van der Waals surface area contributed by atoms with Crippen molar-refractivity contribution < 1.29 is 57.7 Å². The summed E-state index contributed by atoms with van der Waals surface area (Å²) >= 11 is 6.90. The number of nitrogens with zero attached hydrogens (tertiary/aromatic N) is 5. The van der Waals surface area contributed by atoms with Gasteiger partial charge in [0.15, 0.2) is 0 Å². The third-order valence-corrected chi connectivity index (χ3v) is 16.3. The van der Waals surface area contributed by atoms with E-state index in [9.17, 15) is 28.8 Å². The molecule has 0 saturated carbocycles. The zero-order valence-electron chi connectivity index (χ0n) is 50.4. The maximum absolute atomic E-state index is 14.7. The van der Waals surface area contributed by atoms with E-state index in [1.807, 2.05) is 83.8 Å². The lowest BCUT2D eigenvalue weighted by molar-refractivity contribution is -0.148. The fourth-order valence-corrected chi connectivity index (χ4v) is 11.5. The van der Waals surface area contributed by atoms with Gasteiger partial charge >= 0.3 is 0 Å². The molecular weight excluding hydrogens is 1200 g/mol. The van der Waals surface area contributed by atoms with Crippen molar-refractivity contribution in [1.29, 1.82) is 0 Å². The summed E-state index contributed by atoms with van der Waals surface area (Å²) in [6.07, 6.45) is 3.63. The third-order valence-electron chi connectivity index (χ3n) is 15.3. The third kappa shape index (κ3) is 21.5. The normalized spacial score (nSPS) is 16.6. The van der Waals surface area contributed by atoms with Crippen LogP contribution < -0.4 is 21.4 Å². The number of carbonyl (C=O) groups excluding carboxylic acids is 6. The molecule has 0 aliphatic carbocycles. The van der Waals surface area contributed by atoms with Gasteiger partial charge in [0.2, 0.25) is 23.6 Å². The molecule has 3 aromatic rings. The van der Waals surface area contributed by atoms with E-state index in [1.54, 1.807) is 47.5 Å². The van der Waals surface area contributed by atoms with Gasteiger partial charge in [-0.15, -0.1) is 0 Å². The van der Waals surface area contributed by atoms with Crippen LogP contribution in [0.3, 0.4) is 0 Å². The Labute approximate surface area is 507 Å². The average molecular weight is 1290 g/mol. The Kier molecular flexibility index (Phi) is 31.2. The second kappa shape index (κ2) is 36.8.